The summed E-state index contributed by atoms with van der Waals surface area (Å²) < 4.78 is 40.1. The number of rotatable bonds is 11. The maximum absolute atomic E-state index is 13.8. The molecule has 1 aliphatic rings. The summed E-state index contributed by atoms with van der Waals surface area (Å²) in [7, 11) is -2.25. The molecule has 0 saturated carbocycles. The number of ether oxygens (including phenoxy) is 2. The lowest BCUT2D eigenvalue weighted by atomic mass is 10.0. The third-order valence-electron chi connectivity index (χ3n) is 6.81. The van der Waals surface area contributed by atoms with E-state index in [1.54, 1.807) is 47.6 Å². The summed E-state index contributed by atoms with van der Waals surface area (Å²) in [5.41, 5.74) is 2.03. The number of aryl methyl sites for hydroxylation is 1. The quantitative estimate of drug-likeness (QED) is 0.320. The molecule has 9 heteroatoms. The van der Waals surface area contributed by atoms with E-state index in [1.807, 2.05) is 56.5 Å². The van der Waals surface area contributed by atoms with Crippen molar-refractivity contribution in [2.45, 2.75) is 44.6 Å². The predicted octanol–water partition coefficient (Wildman–Crippen LogP) is 5.31. The van der Waals surface area contributed by atoms with E-state index in [0.717, 1.165) is 17.5 Å². The van der Waals surface area contributed by atoms with Crippen molar-refractivity contribution in [3.05, 3.63) is 76.0 Å². The molecule has 1 atom stereocenters. The van der Waals surface area contributed by atoms with E-state index < -0.39 is 10.0 Å². The third-order valence-corrected chi connectivity index (χ3v) is 9.66. The largest absolute Gasteiger partial charge is 0.493 e. The Balaban J connectivity index is 1.58. The van der Waals surface area contributed by atoms with Crippen molar-refractivity contribution < 1.29 is 22.7 Å². The van der Waals surface area contributed by atoms with E-state index >= 15 is 0 Å². The zero-order chi connectivity index (χ0) is 27.3. The zero-order valence-corrected chi connectivity index (χ0v) is 24.1. The fraction of sp³-hybridized carbons (Fsp3) is 0.414. The molecule has 0 fully saturated rings. The lowest BCUT2D eigenvalue weighted by Crippen LogP contribution is -2.48. The number of thiophene rings is 1. The topological polar surface area (TPSA) is 76.2 Å². The molecule has 4 rings (SSSR count). The molecule has 38 heavy (non-hydrogen) atoms. The van der Waals surface area contributed by atoms with Gasteiger partial charge in [0.15, 0.2) is 11.5 Å². The van der Waals surface area contributed by atoms with Crippen LogP contribution in [-0.4, -0.2) is 56.9 Å². The number of para-hydroxylation sites is 2. The normalized spacial score (nSPS) is 15.5. The highest BCUT2D eigenvalue weighted by atomic mass is 32.2. The van der Waals surface area contributed by atoms with Crippen LogP contribution in [0.3, 0.4) is 0 Å². The monoisotopic (exact) mass is 556 g/mol. The number of hydrogen-bond donors (Lipinski definition) is 0. The summed E-state index contributed by atoms with van der Waals surface area (Å²) in [6.07, 6.45) is 1.40. The van der Waals surface area contributed by atoms with Crippen molar-refractivity contribution >= 4 is 27.3 Å². The average molecular weight is 557 g/mol. The Kier molecular flexibility index (Phi) is 9.12. The number of amides is 1. The van der Waals surface area contributed by atoms with Crippen LogP contribution >= 0.6 is 11.3 Å². The van der Waals surface area contributed by atoms with Crippen molar-refractivity contribution in [2.24, 2.45) is 5.92 Å². The number of methoxy groups -OCH3 is 1. The van der Waals surface area contributed by atoms with Gasteiger partial charge in [0.2, 0.25) is 15.9 Å². The second kappa shape index (κ2) is 12.3. The Morgan fingerprint density at radius 1 is 1.11 bits per heavy atom. The maximum atomic E-state index is 13.8. The molecule has 2 aromatic carbocycles. The number of carbonyl (C=O) groups is 1. The van der Waals surface area contributed by atoms with Gasteiger partial charge in [-0.15, -0.1) is 11.3 Å². The minimum atomic E-state index is -3.84. The molecule has 0 N–H and O–H groups in total. The first-order valence-electron chi connectivity index (χ1n) is 12.9. The molecule has 2 heterocycles. The van der Waals surface area contributed by atoms with Gasteiger partial charge in [0.1, 0.15) is 6.61 Å². The summed E-state index contributed by atoms with van der Waals surface area (Å²) in [6, 6.07) is 15.9. The first kappa shape index (κ1) is 28.1. The van der Waals surface area contributed by atoms with Crippen molar-refractivity contribution in [1.82, 2.24) is 9.21 Å². The smallest absolute Gasteiger partial charge is 0.243 e. The molecule has 0 bridgehead atoms. The molecular formula is C29H36N2O5S2. The standard InChI is InChI=1S/C29H36N2O5S2/c1-21(2)13-16-30(38(33,34)23-11-9-22(3)10-12-23)19-29(32)31-17-14-28-24(15-18-37-28)25(31)20-36-27-8-6-5-7-26(27)35-4/h5-12,15,18,21,25H,13-14,16-17,19-20H2,1-4H3/t25-/m0/s1. The van der Waals surface area contributed by atoms with Crippen LogP contribution in [0.1, 0.15) is 42.3 Å². The lowest BCUT2D eigenvalue weighted by molar-refractivity contribution is -0.135. The van der Waals surface area contributed by atoms with Crippen LogP contribution in [0.2, 0.25) is 0 Å². The minimum Gasteiger partial charge on any atom is -0.493 e. The van der Waals surface area contributed by atoms with Crippen LogP contribution in [0.4, 0.5) is 0 Å². The van der Waals surface area contributed by atoms with Gasteiger partial charge in [-0.1, -0.05) is 43.7 Å². The van der Waals surface area contributed by atoms with Crippen molar-refractivity contribution in [3.8, 4) is 11.5 Å². The summed E-state index contributed by atoms with van der Waals surface area (Å²) >= 11 is 1.68. The number of hydrogen-bond acceptors (Lipinski definition) is 6. The van der Waals surface area contributed by atoms with Crippen LogP contribution in [0.15, 0.2) is 64.9 Å². The Bertz CT molecular complexity index is 1340. The van der Waals surface area contributed by atoms with E-state index in [4.69, 9.17) is 9.47 Å². The summed E-state index contributed by atoms with van der Waals surface area (Å²) in [5.74, 6) is 1.29. The predicted molar refractivity (Wildman–Crippen MR) is 150 cm³/mol. The van der Waals surface area contributed by atoms with Crippen molar-refractivity contribution in [2.75, 3.05) is 33.4 Å². The number of fused-ring (bicyclic) bond motifs is 1. The Morgan fingerprint density at radius 2 is 1.82 bits per heavy atom. The highest BCUT2D eigenvalue weighted by Crippen LogP contribution is 2.35. The van der Waals surface area contributed by atoms with Crippen LogP contribution < -0.4 is 9.47 Å². The average Bonchev–Trinajstić information content (AvgIpc) is 3.39. The minimum absolute atomic E-state index is 0.203. The van der Waals surface area contributed by atoms with Gasteiger partial charge in [-0.2, -0.15) is 4.31 Å². The van der Waals surface area contributed by atoms with Crippen LogP contribution in [0, 0.1) is 12.8 Å². The van der Waals surface area contributed by atoms with Crippen molar-refractivity contribution in [1.29, 1.82) is 0 Å². The zero-order valence-electron chi connectivity index (χ0n) is 22.4. The van der Waals surface area contributed by atoms with E-state index in [0.29, 0.717) is 30.4 Å². The SMILES string of the molecule is COc1ccccc1OC[C@H]1c2ccsc2CCN1C(=O)CN(CCC(C)C)S(=O)(=O)c1ccc(C)cc1. The molecule has 0 saturated heterocycles. The van der Waals surface area contributed by atoms with Gasteiger partial charge in [-0.25, -0.2) is 8.42 Å². The molecule has 3 aromatic rings. The molecule has 1 amide bonds. The number of sulfonamides is 1. The summed E-state index contributed by atoms with van der Waals surface area (Å²) in [5, 5.41) is 2.03. The van der Waals surface area contributed by atoms with Crippen molar-refractivity contribution in [3.63, 3.8) is 0 Å². The lowest BCUT2D eigenvalue weighted by Gasteiger charge is -2.37. The molecule has 0 aliphatic carbocycles. The first-order valence-corrected chi connectivity index (χ1v) is 15.2. The molecule has 1 aromatic heterocycles. The summed E-state index contributed by atoms with van der Waals surface area (Å²) in [4.78, 5) is 17.0. The molecule has 1 aliphatic heterocycles. The highest BCUT2D eigenvalue weighted by molar-refractivity contribution is 7.89. The number of benzene rings is 2. The fourth-order valence-electron chi connectivity index (χ4n) is 4.57. The molecule has 204 valence electrons. The van der Waals surface area contributed by atoms with Crippen LogP contribution in [0.5, 0.6) is 11.5 Å². The molecule has 7 nitrogen and oxygen atoms in total. The van der Waals surface area contributed by atoms with Gasteiger partial charge in [-0.05, 0) is 67.0 Å². The van der Waals surface area contributed by atoms with Crippen LogP contribution in [0.25, 0.3) is 0 Å². The van der Waals surface area contributed by atoms with Gasteiger partial charge < -0.3 is 14.4 Å². The maximum Gasteiger partial charge on any atom is 0.243 e. The Hall–Kier alpha value is -2.88. The van der Waals surface area contributed by atoms with E-state index in [2.05, 4.69) is 0 Å². The van der Waals surface area contributed by atoms with Crippen LogP contribution in [-0.2, 0) is 21.2 Å². The highest BCUT2D eigenvalue weighted by Gasteiger charge is 2.35. The first-order chi connectivity index (χ1) is 18.2. The van der Waals surface area contributed by atoms with E-state index in [-0.39, 0.29) is 36.5 Å². The van der Waals surface area contributed by atoms with Gasteiger partial charge in [0.25, 0.3) is 0 Å². The number of carbonyl (C=O) groups excluding carboxylic acids is 1. The molecular weight excluding hydrogens is 520 g/mol. The fourth-order valence-corrected chi connectivity index (χ4v) is 6.90. The Labute approximate surface area is 230 Å². The van der Waals surface area contributed by atoms with Gasteiger partial charge in [0.05, 0.1) is 24.6 Å². The molecule has 0 unspecified atom stereocenters. The van der Waals surface area contributed by atoms with Gasteiger partial charge >= 0.3 is 0 Å². The number of nitrogens with zero attached hydrogens (tertiary/aromatic N) is 2. The second-order valence-corrected chi connectivity index (χ2v) is 12.9. The van der Waals surface area contributed by atoms with Gasteiger partial charge in [-0.3, -0.25) is 4.79 Å². The summed E-state index contributed by atoms with van der Waals surface area (Å²) in [6.45, 7) is 6.83. The van der Waals surface area contributed by atoms with Gasteiger partial charge in [0, 0.05) is 18.0 Å². The third kappa shape index (κ3) is 6.39. The molecule has 0 radical (unpaired) electrons. The Morgan fingerprint density at radius 3 is 2.50 bits per heavy atom. The van der Waals surface area contributed by atoms with E-state index in [1.165, 1.54) is 9.18 Å². The molecule has 0 spiro atoms. The second-order valence-electron chi connectivity index (χ2n) is 9.95. The van der Waals surface area contributed by atoms with E-state index in [9.17, 15) is 13.2 Å².